The highest BCUT2D eigenvalue weighted by atomic mass is 32.2. The number of hydrogen-bond acceptors (Lipinski definition) is 5. The molecule has 112 valence electrons. The van der Waals surface area contributed by atoms with Crippen LogP contribution in [0.15, 0.2) is 35.4 Å². The molecule has 2 rings (SSSR count). The van der Waals surface area contributed by atoms with Crippen LogP contribution in [-0.4, -0.2) is 30.4 Å². The quantitative estimate of drug-likeness (QED) is 0.629. The number of carbonyl (C=O) groups excluding carboxylic acids is 1. The number of ether oxygens (including phenoxy) is 1. The van der Waals surface area contributed by atoms with E-state index in [4.69, 9.17) is 4.98 Å². The number of aromatic nitrogens is 1. The van der Waals surface area contributed by atoms with E-state index in [0.717, 1.165) is 29.0 Å². The number of nitrogens with zero attached hydrogens (tertiary/aromatic N) is 1. The first-order valence-electron chi connectivity index (χ1n) is 7.03. The highest BCUT2D eigenvalue weighted by Gasteiger charge is 2.09. The smallest absolute Gasteiger partial charge is 0.306 e. The molecule has 0 radical (unpaired) electrons. The zero-order valence-electron chi connectivity index (χ0n) is 12.4. The van der Waals surface area contributed by atoms with E-state index in [1.807, 2.05) is 18.2 Å². The number of methoxy groups -OCH3 is 1. The fourth-order valence-corrected chi connectivity index (χ4v) is 2.93. The summed E-state index contributed by atoms with van der Waals surface area (Å²) in [5.41, 5.74) is 2.16. The van der Waals surface area contributed by atoms with Crippen molar-refractivity contribution in [3.05, 3.63) is 35.9 Å². The lowest BCUT2D eigenvalue weighted by Crippen LogP contribution is -2.13. The van der Waals surface area contributed by atoms with E-state index in [-0.39, 0.29) is 5.97 Å². The van der Waals surface area contributed by atoms with Gasteiger partial charge >= 0.3 is 5.97 Å². The van der Waals surface area contributed by atoms with E-state index in [1.165, 1.54) is 12.7 Å². The number of nitrogens with one attached hydrogen (secondary N) is 1. The number of fused-ring (bicyclic) bond motifs is 1. The molecule has 4 nitrogen and oxygen atoms in total. The van der Waals surface area contributed by atoms with Crippen molar-refractivity contribution in [2.24, 2.45) is 0 Å². The molecular weight excluding hydrogens is 284 g/mol. The first-order valence-corrected chi connectivity index (χ1v) is 8.02. The van der Waals surface area contributed by atoms with Crippen molar-refractivity contribution in [3.63, 3.8) is 0 Å². The van der Waals surface area contributed by atoms with Gasteiger partial charge < -0.3 is 10.1 Å². The Morgan fingerprint density at radius 1 is 1.38 bits per heavy atom. The van der Waals surface area contributed by atoms with Gasteiger partial charge in [0.2, 0.25) is 0 Å². The molecule has 2 aromatic rings. The van der Waals surface area contributed by atoms with Gasteiger partial charge in [-0.2, -0.15) is 0 Å². The van der Waals surface area contributed by atoms with Crippen molar-refractivity contribution in [3.8, 4) is 0 Å². The van der Waals surface area contributed by atoms with Gasteiger partial charge in [-0.05, 0) is 24.2 Å². The van der Waals surface area contributed by atoms with Gasteiger partial charge in [-0.25, -0.2) is 4.98 Å². The summed E-state index contributed by atoms with van der Waals surface area (Å²) in [4.78, 5) is 15.9. The molecule has 0 aliphatic heterocycles. The van der Waals surface area contributed by atoms with Crippen LogP contribution in [0.25, 0.3) is 10.9 Å². The van der Waals surface area contributed by atoms with Crippen LogP contribution in [-0.2, 0) is 16.1 Å². The van der Waals surface area contributed by atoms with E-state index in [1.54, 1.807) is 11.8 Å². The van der Waals surface area contributed by atoms with Crippen LogP contribution < -0.4 is 5.32 Å². The molecule has 21 heavy (non-hydrogen) atoms. The Hall–Kier alpha value is -1.59. The lowest BCUT2D eigenvalue weighted by atomic mass is 10.1. The first kappa shape index (κ1) is 15.8. The number of para-hydroxylation sites is 1. The third-order valence-corrected chi connectivity index (χ3v) is 4.14. The van der Waals surface area contributed by atoms with Gasteiger partial charge in [0.25, 0.3) is 0 Å². The fourth-order valence-electron chi connectivity index (χ4n) is 1.99. The minimum Gasteiger partial charge on any atom is -0.469 e. The molecule has 1 aromatic carbocycles. The first-order chi connectivity index (χ1) is 10.2. The van der Waals surface area contributed by atoms with Crippen molar-refractivity contribution >= 4 is 28.6 Å². The Labute approximate surface area is 129 Å². The molecule has 1 aromatic heterocycles. The Morgan fingerprint density at radius 2 is 2.19 bits per heavy atom. The maximum atomic E-state index is 11.2. The Balaban J connectivity index is 2.19. The number of rotatable bonds is 7. The van der Waals surface area contributed by atoms with Gasteiger partial charge in [0.05, 0.1) is 19.0 Å². The van der Waals surface area contributed by atoms with Crippen molar-refractivity contribution in [2.75, 3.05) is 19.4 Å². The number of benzene rings is 1. The van der Waals surface area contributed by atoms with Gasteiger partial charge in [-0.15, -0.1) is 11.8 Å². The standard InChI is InChI=1S/C16H20N2O2S/c1-3-17-11-13-10-12-6-4-5-7-14(12)18-16(13)21-9-8-15(19)20-2/h4-7,10,17H,3,8-9,11H2,1-2H3. The van der Waals surface area contributed by atoms with Crippen molar-refractivity contribution in [1.82, 2.24) is 10.3 Å². The fraction of sp³-hybridized carbons (Fsp3) is 0.375. The third-order valence-electron chi connectivity index (χ3n) is 3.10. The second-order valence-corrected chi connectivity index (χ2v) is 5.68. The average Bonchev–Trinajstić information content (AvgIpc) is 2.52. The summed E-state index contributed by atoms with van der Waals surface area (Å²) in [7, 11) is 1.41. The van der Waals surface area contributed by atoms with E-state index >= 15 is 0 Å². The number of thioether (sulfide) groups is 1. The minimum atomic E-state index is -0.184. The molecule has 1 N–H and O–H groups in total. The normalized spacial score (nSPS) is 10.8. The molecule has 0 fully saturated rings. The third kappa shape index (κ3) is 4.44. The average molecular weight is 304 g/mol. The molecule has 0 bridgehead atoms. The molecule has 0 aliphatic carbocycles. The number of carbonyl (C=O) groups is 1. The Kier molecular flexibility index (Phi) is 6.02. The molecule has 0 unspecified atom stereocenters. The molecule has 0 amide bonds. The van der Waals surface area contributed by atoms with Crippen LogP contribution in [0.1, 0.15) is 18.9 Å². The summed E-state index contributed by atoms with van der Waals surface area (Å²) in [5, 5.41) is 5.46. The summed E-state index contributed by atoms with van der Waals surface area (Å²) in [5.74, 6) is 0.494. The summed E-state index contributed by atoms with van der Waals surface area (Å²) in [6, 6.07) is 10.3. The molecule has 0 atom stereocenters. The van der Waals surface area contributed by atoms with Crippen molar-refractivity contribution in [2.45, 2.75) is 24.9 Å². The van der Waals surface area contributed by atoms with Crippen LogP contribution in [0.5, 0.6) is 0 Å². The van der Waals surface area contributed by atoms with E-state index in [2.05, 4.69) is 29.1 Å². The molecule has 0 spiro atoms. The lowest BCUT2D eigenvalue weighted by molar-refractivity contribution is -0.140. The number of pyridine rings is 1. The SMILES string of the molecule is CCNCc1cc2ccccc2nc1SCCC(=O)OC. The molecule has 0 saturated carbocycles. The highest BCUT2D eigenvalue weighted by Crippen LogP contribution is 2.25. The van der Waals surface area contributed by atoms with Gasteiger partial charge in [0.1, 0.15) is 5.03 Å². The molecule has 5 heteroatoms. The van der Waals surface area contributed by atoms with Gasteiger partial charge in [0.15, 0.2) is 0 Å². The molecule has 0 aliphatic rings. The van der Waals surface area contributed by atoms with Gasteiger partial charge in [-0.3, -0.25) is 4.79 Å². The van der Waals surface area contributed by atoms with E-state index < -0.39 is 0 Å². The van der Waals surface area contributed by atoms with Crippen LogP contribution in [0, 0.1) is 0 Å². The van der Waals surface area contributed by atoms with Crippen LogP contribution in [0.4, 0.5) is 0 Å². The minimum absolute atomic E-state index is 0.184. The highest BCUT2D eigenvalue weighted by molar-refractivity contribution is 7.99. The Morgan fingerprint density at radius 3 is 2.95 bits per heavy atom. The summed E-state index contributed by atoms with van der Waals surface area (Å²) >= 11 is 1.60. The Bertz CT molecular complexity index is 616. The van der Waals surface area contributed by atoms with Crippen LogP contribution >= 0.6 is 11.8 Å². The van der Waals surface area contributed by atoms with Crippen molar-refractivity contribution < 1.29 is 9.53 Å². The maximum absolute atomic E-state index is 11.2. The summed E-state index contributed by atoms with van der Waals surface area (Å²) < 4.78 is 4.67. The molecule has 0 saturated heterocycles. The second-order valence-electron chi connectivity index (χ2n) is 4.60. The monoisotopic (exact) mass is 304 g/mol. The zero-order valence-corrected chi connectivity index (χ0v) is 13.2. The largest absolute Gasteiger partial charge is 0.469 e. The lowest BCUT2D eigenvalue weighted by Gasteiger charge is -2.10. The van der Waals surface area contributed by atoms with E-state index in [0.29, 0.717) is 12.2 Å². The number of esters is 1. The summed E-state index contributed by atoms with van der Waals surface area (Å²) in [6.45, 7) is 3.78. The zero-order chi connectivity index (χ0) is 15.1. The van der Waals surface area contributed by atoms with Crippen LogP contribution in [0.2, 0.25) is 0 Å². The maximum Gasteiger partial charge on any atom is 0.306 e. The molecule has 1 heterocycles. The predicted octanol–water partition coefficient (Wildman–Crippen LogP) is 3.00. The van der Waals surface area contributed by atoms with Crippen molar-refractivity contribution in [1.29, 1.82) is 0 Å². The van der Waals surface area contributed by atoms with Crippen LogP contribution in [0.3, 0.4) is 0 Å². The predicted molar refractivity (Wildman–Crippen MR) is 86.5 cm³/mol. The van der Waals surface area contributed by atoms with Gasteiger partial charge in [0, 0.05) is 17.7 Å². The van der Waals surface area contributed by atoms with Gasteiger partial charge in [-0.1, -0.05) is 25.1 Å². The van der Waals surface area contributed by atoms with E-state index in [9.17, 15) is 4.79 Å². The second kappa shape index (κ2) is 8.00. The summed E-state index contributed by atoms with van der Waals surface area (Å²) in [6.07, 6.45) is 0.399. The number of hydrogen-bond donors (Lipinski definition) is 1. The topological polar surface area (TPSA) is 51.2 Å². The molecular formula is C16H20N2O2S.